The summed E-state index contributed by atoms with van der Waals surface area (Å²) in [5.41, 5.74) is 2.43. The molecule has 0 radical (unpaired) electrons. The van der Waals surface area contributed by atoms with E-state index in [4.69, 9.17) is 0 Å². The van der Waals surface area contributed by atoms with E-state index in [1.165, 1.54) is 61.6 Å². The molecule has 0 aromatic heterocycles. The number of hydrogen-bond acceptors (Lipinski definition) is 0. The molecule has 0 spiro atoms. The molecule has 96 valence electrons. The van der Waals surface area contributed by atoms with Gasteiger partial charge < -0.3 is 0 Å². The zero-order valence-electron chi connectivity index (χ0n) is 11.6. The van der Waals surface area contributed by atoms with Gasteiger partial charge in [0.2, 0.25) is 0 Å². The lowest BCUT2D eigenvalue weighted by Gasteiger charge is -2.11. The molecule has 0 bridgehead atoms. The highest BCUT2D eigenvalue weighted by atomic mass is 28.1. The lowest BCUT2D eigenvalue weighted by molar-refractivity contribution is 0.572. The van der Waals surface area contributed by atoms with Gasteiger partial charge in [-0.1, -0.05) is 82.2 Å². The minimum absolute atomic E-state index is 0.867. The average Bonchev–Trinajstić information content (AvgIpc) is 2.38. The van der Waals surface area contributed by atoms with Crippen LogP contribution in [-0.4, -0.2) is 10.2 Å². The van der Waals surface area contributed by atoms with Crippen LogP contribution in [0.2, 0.25) is 0 Å². The Labute approximate surface area is 110 Å². The summed E-state index contributed by atoms with van der Waals surface area (Å²) in [5, 5.41) is 0. The van der Waals surface area contributed by atoms with Crippen LogP contribution in [0.3, 0.4) is 0 Å². The smallest absolute Gasteiger partial charge is 0.0123 e. The predicted molar refractivity (Wildman–Crippen MR) is 81.7 cm³/mol. The van der Waals surface area contributed by atoms with Crippen LogP contribution >= 0.6 is 0 Å². The Morgan fingerprint density at radius 3 is 2.12 bits per heavy atom. The molecular weight excluding hydrogens is 220 g/mol. The summed E-state index contributed by atoms with van der Waals surface area (Å²) in [6, 6.07) is 11.0. The molecule has 0 saturated heterocycles. The minimum Gasteiger partial charge on any atom is -0.0654 e. The molecule has 0 amide bonds. The first-order valence-electron chi connectivity index (χ1n) is 7.39. The van der Waals surface area contributed by atoms with Crippen LogP contribution in [0.25, 0.3) is 0 Å². The third kappa shape index (κ3) is 6.67. The van der Waals surface area contributed by atoms with E-state index in [0.717, 1.165) is 5.54 Å². The Morgan fingerprint density at radius 1 is 0.882 bits per heavy atom. The zero-order chi connectivity index (χ0) is 12.3. The second kappa shape index (κ2) is 9.47. The van der Waals surface area contributed by atoms with Crippen molar-refractivity contribution in [2.45, 2.75) is 63.8 Å². The second-order valence-corrected chi connectivity index (χ2v) is 6.62. The largest absolute Gasteiger partial charge is 0.0654 e. The first-order valence-corrected chi connectivity index (χ1v) is 8.55. The van der Waals surface area contributed by atoms with Gasteiger partial charge in [0.1, 0.15) is 0 Å². The fourth-order valence-electron chi connectivity index (χ4n) is 2.36. The van der Waals surface area contributed by atoms with Gasteiger partial charge in [-0.2, -0.15) is 0 Å². The van der Waals surface area contributed by atoms with E-state index in [1.54, 1.807) is 5.56 Å². The maximum atomic E-state index is 2.29. The van der Waals surface area contributed by atoms with Crippen LogP contribution < -0.4 is 0 Å². The molecule has 0 aliphatic heterocycles. The van der Waals surface area contributed by atoms with Gasteiger partial charge in [-0.3, -0.25) is 0 Å². The molecule has 0 N–H and O–H groups in total. The molecule has 1 unspecified atom stereocenters. The molecule has 0 heterocycles. The fraction of sp³-hybridized carbons (Fsp3) is 0.625. The van der Waals surface area contributed by atoms with E-state index < -0.39 is 0 Å². The van der Waals surface area contributed by atoms with Gasteiger partial charge in [-0.25, -0.2) is 0 Å². The SMILES string of the molecule is CCCCCCCCCC([SiH3])c1ccccc1. The molecule has 17 heavy (non-hydrogen) atoms. The summed E-state index contributed by atoms with van der Waals surface area (Å²) in [6.45, 7) is 2.28. The molecule has 0 saturated carbocycles. The van der Waals surface area contributed by atoms with Crippen molar-refractivity contribution in [1.29, 1.82) is 0 Å². The van der Waals surface area contributed by atoms with Gasteiger partial charge in [0, 0.05) is 10.2 Å². The second-order valence-electron chi connectivity index (χ2n) is 5.22. The lowest BCUT2D eigenvalue weighted by Crippen LogP contribution is -1.97. The van der Waals surface area contributed by atoms with Crippen molar-refractivity contribution in [2.75, 3.05) is 0 Å². The van der Waals surface area contributed by atoms with Gasteiger partial charge in [0.15, 0.2) is 0 Å². The topological polar surface area (TPSA) is 0 Å². The highest BCUT2D eigenvalue weighted by Crippen LogP contribution is 2.19. The van der Waals surface area contributed by atoms with Crippen LogP contribution in [0.4, 0.5) is 0 Å². The van der Waals surface area contributed by atoms with E-state index in [0.29, 0.717) is 0 Å². The lowest BCUT2D eigenvalue weighted by atomic mass is 10.0. The zero-order valence-corrected chi connectivity index (χ0v) is 13.6. The molecule has 1 atom stereocenters. The van der Waals surface area contributed by atoms with E-state index in [2.05, 4.69) is 37.3 Å². The molecule has 0 aliphatic carbocycles. The first-order chi connectivity index (χ1) is 8.34. The van der Waals surface area contributed by atoms with Gasteiger partial charge in [0.25, 0.3) is 0 Å². The summed E-state index contributed by atoms with van der Waals surface area (Å²) in [5.74, 6) is 0. The molecular formula is C16H28Si. The maximum Gasteiger partial charge on any atom is 0.0123 e. The van der Waals surface area contributed by atoms with Gasteiger partial charge in [0.05, 0.1) is 0 Å². The number of rotatable bonds is 9. The average molecular weight is 248 g/mol. The van der Waals surface area contributed by atoms with Gasteiger partial charge >= 0.3 is 0 Å². The van der Waals surface area contributed by atoms with E-state index in [9.17, 15) is 0 Å². The highest BCUT2D eigenvalue weighted by Gasteiger charge is 2.03. The standard InChI is InChI=1S/C16H28Si/c1-2-3-4-5-6-7-11-14-16(17)15-12-9-8-10-13-15/h8-10,12-13,16H,2-7,11,14H2,1,17H3. The highest BCUT2D eigenvalue weighted by molar-refractivity contribution is 6.12. The van der Waals surface area contributed by atoms with Crippen molar-refractivity contribution in [1.82, 2.24) is 0 Å². The van der Waals surface area contributed by atoms with Crippen LogP contribution in [0.1, 0.15) is 69.4 Å². The van der Waals surface area contributed by atoms with Crippen LogP contribution in [0.15, 0.2) is 30.3 Å². The van der Waals surface area contributed by atoms with Crippen molar-refractivity contribution in [3.63, 3.8) is 0 Å². The quantitative estimate of drug-likeness (QED) is 0.453. The summed E-state index contributed by atoms with van der Waals surface area (Å²) < 4.78 is 0. The molecule has 1 heteroatoms. The molecule has 0 fully saturated rings. The Morgan fingerprint density at radius 2 is 1.47 bits per heavy atom. The summed E-state index contributed by atoms with van der Waals surface area (Å²) >= 11 is 0. The maximum absolute atomic E-state index is 2.29. The minimum atomic E-state index is 0.867. The molecule has 0 nitrogen and oxygen atoms in total. The Kier molecular flexibility index (Phi) is 8.07. The van der Waals surface area contributed by atoms with Crippen molar-refractivity contribution < 1.29 is 0 Å². The number of benzene rings is 1. The van der Waals surface area contributed by atoms with E-state index in [1.807, 2.05) is 0 Å². The van der Waals surface area contributed by atoms with Crippen LogP contribution in [0, 0.1) is 0 Å². The van der Waals surface area contributed by atoms with Crippen LogP contribution in [-0.2, 0) is 0 Å². The Bertz CT molecular complexity index is 268. The summed E-state index contributed by atoms with van der Waals surface area (Å²) in [4.78, 5) is 0. The van der Waals surface area contributed by atoms with E-state index >= 15 is 0 Å². The number of unbranched alkanes of at least 4 members (excludes halogenated alkanes) is 6. The van der Waals surface area contributed by atoms with Crippen molar-refractivity contribution >= 4 is 10.2 Å². The molecule has 1 aromatic rings. The third-order valence-corrected chi connectivity index (χ3v) is 4.85. The molecule has 0 aliphatic rings. The third-order valence-electron chi connectivity index (χ3n) is 3.61. The van der Waals surface area contributed by atoms with Crippen molar-refractivity contribution in [3.05, 3.63) is 35.9 Å². The Hall–Kier alpha value is -0.563. The summed E-state index contributed by atoms with van der Waals surface area (Å²) in [6.07, 6.45) is 11.4. The Balaban J connectivity index is 2.03. The van der Waals surface area contributed by atoms with Gasteiger partial charge in [-0.05, 0) is 17.5 Å². The monoisotopic (exact) mass is 248 g/mol. The normalized spacial score (nSPS) is 12.8. The van der Waals surface area contributed by atoms with E-state index in [-0.39, 0.29) is 0 Å². The van der Waals surface area contributed by atoms with Gasteiger partial charge in [-0.15, -0.1) is 0 Å². The number of hydrogen-bond donors (Lipinski definition) is 0. The predicted octanol–water partition coefficient (Wildman–Crippen LogP) is 4.23. The fourth-order valence-corrected chi connectivity index (χ4v) is 3.15. The summed E-state index contributed by atoms with van der Waals surface area (Å²) in [7, 11) is 1.30. The van der Waals surface area contributed by atoms with Crippen molar-refractivity contribution in [3.8, 4) is 0 Å². The van der Waals surface area contributed by atoms with Crippen LogP contribution in [0.5, 0.6) is 0 Å². The van der Waals surface area contributed by atoms with Crippen molar-refractivity contribution in [2.24, 2.45) is 0 Å². The molecule has 1 rings (SSSR count). The molecule has 1 aromatic carbocycles. The first kappa shape index (κ1) is 14.5.